The summed E-state index contributed by atoms with van der Waals surface area (Å²) in [7, 11) is 0. The van der Waals surface area contributed by atoms with Crippen LogP contribution in [0.15, 0.2) is 48.5 Å². The van der Waals surface area contributed by atoms with Crippen molar-refractivity contribution in [3.8, 4) is 11.4 Å². The van der Waals surface area contributed by atoms with E-state index in [0.717, 1.165) is 28.2 Å². The Balaban J connectivity index is 2.00. The second-order valence-corrected chi connectivity index (χ2v) is 4.67. The molecule has 0 atom stereocenters. The Hall–Kier alpha value is -2.69. The van der Waals surface area contributed by atoms with E-state index in [1.54, 1.807) is 4.68 Å². The van der Waals surface area contributed by atoms with Crippen LogP contribution < -0.4 is 5.73 Å². The summed E-state index contributed by atoms with van der Waals surface area (Å²) in [5.41, 5.74) is 9.81. The van der Waals surface area contributed by atoms with Gasteiger partial charge in [0.25, 0.3) is 0 Å². The zero-order valence-electron chi connectivity index (χ0n) is 11.2. The smallest absolute Gasteiger partial charge is 0.182 e. The van der Waals surface area contributed by atoms with Crippen LogP contribution >= 0.6 is 0 Å². The summed E-state index contributed by atoms with van der Waals surface area (Å²) < 4.78 is 1.79. The maximum absolute atomic E-state index is 5.95. The Bertz CT molecular complexity index is 718. The number of hydrogen-bond acceptors (Lipinski definition) is 4. The number of rotatable bonds is 3. The van der Waals surface area contributed by atoms with Gasteiger partial charge < -0.3 is 5.73 Å². The molecule has 0 aliphatic carbocycles. The van der Waals surface area contributed by atoms with Crippen LogP contribution in [-0.2, 0) is 6.54 Å². The molecule has 5 nitrogen and oxygen atoms in total. The average molecular weight is 265 g/mol. The lowest BCUT2D eigenvalue weighted by atomic mass is 10.1. The Labute approximate surface area is 117 Å². The van der Waals surface area contributed by atoms with Gasteiger partial charge in [0.05, 0.1) is 6.54 Å². The number of anilines is 1. The van der Waals surface area contributed by atoms with E-state index >= 15 is 0 Å². The molecular formula is C15H15N5. The van der Waals surface area contributed by atoms with Gasteiger partial charge in [-0.3, -0.25) is 0 Å². The van der Waals surface area contributed by atoms with Crippen LogP contribution in [0.3, 0.4) is 0 Å². The van der Waals surface area contributed by atoms with E-state index in [9.17, 15) is 0 Å². The highest BCUT2D eigenvalue weighted by atomic mass is 15.5. The molecule has 0 radical (unpaired) electrons. The van der Waals surface area contributed by atoms with Gasteiger partial charge in [-0.25, -0.2) is 4.68 Å². The first kappa shape index (κ1) is 12.3. The van der Waals surface area contributed by atoms with Crippen LogP contribution in [0.25, 0.3) is 11.4 Å². The molecule has 100 valence electrons. The molecule has 0 fully saturated rings. The largest absolute Gasteiger partial charge is 0.398 e. The van der Waals surface area contributed by atoms with Crippen molar-refractivity contribution < 1.29 is 0 Å². The van der Waals surface area contributed by atoms with Crippen LogP contribution in [0.5, 0.6) is 0 Å². The zero-order valence-corrected chi connectivity index (χ0v) is 11.2. The molecule has 1 aromatic heterocycles. The standard InChI is InChI=1S/C15H15N5/c1-11-13(8-5-9-14(11)16)15-17-18-19-20(15)10-12-6-3-2-4-7-12/h2-9H,10,16H2,1H3. The summed E-state index contributed by atoms with van der Waals surface area (Å²) in [6.45, 7) is 2.61. The van der Waals surface area contributed by atoms with Crippen molar-refractivity contribution >= 4 is 5.69 Å². The van der Waals surface area contributed by atoms with Gasteiger partial charge in [0, 0.05) is 11.3 Å². The maximum Gasteiger partial charge on any atom is 0.182 e. The zero-order chi connectivity index (χ0) is 13.9. The van der Waals surface area contributed by atoms with Crippen LogP contribution in [0.1, 0.15) is 11.1 Å². The highest BCUT2D eigenvalue weighted by Crippen LogP contribution is 2.25. The van der Waals surface area contributed by atoms with Crippen LogP contribution in [0.4, 0.5) is 5.69 Å². The number of hydrogen-bond donors (Lipinski definition) is 1. The molecule has 0 saturated carbocycles. The van der Waals surface area contributed by atoms with Gasteiger partial charge in [-0.1, -0.05) is 42.5 Å². The normalized spacial score (nSPS) is 10.7. The number of nitrogen functional groups attached to an aromatic ring is 1. The number of nitrogens with zero attached hydrogens (tertiary/aromatic N) is 4. The SMILES string of the molecule is Cc1c(N)cccc1-c1nnnn1Cc1ccccc1. The van der Waals surface area contributed by atoms with E-state index < -0.39 is 0 Å². The molecule has 1 heterocycles. The van der Waals surface area contributed by atoms with Gasteiger partial charge in [0.2, 0.25) is 0 Å². The van der Waals surface area contributed by atoms with E-state index in [1.165, 1.54) is 0 Å². The molecule has 0 bridgehead atoms. The molecule has 0 unspecified atom stereocenters. The molecule has 0 aliphatic heterocycles. The van der Waals surface area contributed by atoms with E-state index in [0.29, 0.717) is 6.54 Å². The number of benzene rings is 2. The van der Waals surface area contributed by atoms with E-state index in [1.807, 2.05) is 43.3 Å². The number of tetrazole rings is 1. The third-order valence-corrected chi connectivity index (χ3v) is 3.32. The van der Waals surface area contributed by atoms with Crippen molar-refractivity contribution in [1.29, 1.82) is 0 Å². The lowest BCUT2D eigenvalue weighted by Gasteiger charge is -2.08. The highest BCUT2D eigenvalue weighted by molar-refractivity contribution is 5.67. The average Bonchev–Trinajstić information content (AvgIpc) is 2.91. The van der Waals surface area contributed by atoms with E-state index in [4.69, 9.17) is 5.73 Å². The molecule has 2 N–H and O–H groups in total. The van der Waals surface area contributed by atoms with Crippen molar-refractivity contribution in [2.45, 2.75) is 13.5 Å². The van der Waals surface area contributed by atoms with Gasteiger partial charge in [-0.05, 0) is 34.5 Å². The topological polar surface area (TPSA) is 69.6 Å². The fourth-order valence-electron chi connectivity index (χ4n) is 2.16. The highest BCUT2D eigenvalue weighted by Gasteiger charge is 2.12. The summed E-state index contributed by atoms with van der Waals surface area (Å²) >= 11 is 0. The lowest BCUT2D eigenvalue weighted by Crippen LogP contribution is -2.05. The molecule has 0 aliphatic rings. The Morgan fingerprint density at radius 3 is 2.65 bits per heavy atom. The minimum absolute atomic E-state index is 0.636. The molecule has 0 spiro atoms. The van der Waals surface area contributed by atoms with Gasteiger partial charge in [0.15, 0.2) is 5.82 Å². The second kappa shape index (κ2) is 5.13. The van der Waals surface area contributed by atoms with E-state index in [2.05, 4.69) is 27.7 Å². The fraction of sp³-hybridized carbons (Fsp3) is 0.133. The maximum atomic E-state index is 5.95. The van der Waals surface area contributed by atoms with Crippen molar-refractivity contribution in [3.63, 3.8) is 0 Å². The summed E-state index contributed by atoms with van der Waals surface area (Å²) in [5.74, 6) is 0.735. The summed E-state index contributed by atoms with van der Waals surface area (Å²) in [6.07, 6.45) is 0. The summed E-state index contributed by atoms with van der Waals surface area (Å²) in [5, 5.41) is 12.0. The Morgan fingerprint density at radius 2 is 1.85 bits per heavy atom. The first-order chi connectivity index (χ1) is 9.75. The Kier molecular flexibility index (Phi) is 3.16. The molecule has 3 rings (SSSR count). The minimum atomic E-state index is 0.636. The molecule has 0 amide bonds. The predicted octanol–water partition coefficient (Wildman–Crippen LogP) is 2.28. The van der Waals surface area contributed by atoms with Gasteiger partial charge in [0.1, 0.15) is 0 Å². The number of aromatic nitrogens is 4. The van der Waals surface area contributed by atoms with Gasteiger partial charge in [-0.15, -0.1) is 5.10 Å². The van der Waals surface area contributed by atoms with Crippen LogP contribution in [0, 0.1) is 6.92 Å². The van der Waals surface area contributed by atoms with Gasteiger partial charge in [-0.2, -0.15) is 0 Å². The van der Waals surface area contributed by atoms with Crippen LogP contribution in [0.2, 0.25) is 0 Å². The van der Waals surface area contributed by atoms with Crippen molar-refractivity contribution in [3.05, 3.63) is 59.7 Å². The predicted molar refractivity (Wildman–Crippen MR) is 77.9 cm³/mol. The molecule has 3 aromatic rings. The molecule has 0 saturated heterocycles. The summed E-state index contributed by atoms with van der Waals surface area (Å²) in [4.78, 5) is 0. The van der Waals surface area contributed by atoms with Gasteiger partial charge >= 0.3 is 0 Å². The van der Waals surface area contributed by atoms with E-state index in [-0.39, 0.29) is 0 Å². The van der Waals surface area contributed by atoms with Crippen molar-refractivity contribution in [1.82, 2.24) is 20.2 Å². The number of nitrogens with two attached hydrogens (primary N) is 1. The minimum Gasteiger partial charge on any atom is -0.398 e. The van der Waals surface area contributed by atoms with Crippen molar-refractivity contribution in [2.24, 2.45) is 0 Å². The quantitative estimate of drug-likeness (QED) is 0.738. The monoisotopic (exact) mass is 265 g/mol. The lowest BCUT2D eigenvalue weighted by molar-refractivity contribution is 0.653. The third kappa shape index (κ3) is 2.25. The summed E-state index contributed by atoms with van der Waals surface area (Å²) in [6, 6.07) is 15.9. The molecular weight excluding hydrogens is 250 g/mol. The first-order valence-electron chi connectivity index (χ1n) is 6.41. The Morgan fingerprint density at radius 1 is 1.05 bits per heavy atom. The van der Waals surface area contributed by atoms with Crippen LogP contribution in [-0.4, -0.2) is 20.2 Å². The molecule has 5 heteroatoms. The second-order valence-electron chi connectivity index (χ2n) is 4.67. The van der Waals surface area contributed by atoms with Crippen molar-refractivity contribution in [2.75, 3.05) is 5.73 Å². The first-order valence-corrected chi connectivity index (χ1v) is 6.41. The fourth-order valence-corrected chi connectivity index (χ4v) is 2.16. The molecule has 2 aromatic carbocycles. The molecule has 20 heavy (non-hydrogen) atoms. The third-order valence-electron chi connectivity index (χ3n) is 3.32.